The zero-order chi connectivity index (χ0) is 14.6. The molecule has 0 unspecified atom stereocenters. The van der Waals surface area contributed by atoms with Crippen LogP contribution in [0.15, 0.2) is 0 Å². The second kappa shape index (κ2) is 23.0. The third-order valence-electron chi connectivity index (χ3n) is 2.51. The average molecular weight is 278 g/mol. The minimum atomic E-state index is 0.133. The smallest absolute Gasteiger partial charge is 0.0700 e. The van der Waals surface area contributed by atoms with Crippen molar-refractivity contribution in [2.75, 3.05) is 46.8 Å². The van der Waals surface area contributed by atoms with Crippen molar-refractivity contribution in [2.24, 2.45) is 0 Å². The van der Waals surface area contributed by atoms with Crippen LogP contribution < -0.4 is 0 Å². The highest BCUT2D eigenvalue weighted by atomic mass is 16.5. The van der Waals surface area contributed by atoms with E-state index in [4.69, 9.17) is 19.3 Å². The first-order chi connectivity index (χ1) is 9.33. The van der Waals surface area contributed by atoms with Gasteiger partial charge in [-0.25, -0.2) is 0 Å². The van der Waals surface area contributed by atoms with Gasteiger partial charge in [0, 0.05) is 20.3 Å². The molecule has 0 aliphatic carbocycles. The molecule has 0 radical (unpaired) electrons. The Labute approximate surface area is 119 Å². The third kappa shape index (κ3) is 27.2. The number of rotatable bonds is 13. The summed E-state index contributed by atoms with van der Waals surface area (Å²) in [4.78, 5) is 0. The van der Waals surface area contributed by atoms with E-state index in [1.807, 2.05) is 6.92 Å². The van der Waals surface area contributed by atoms with Gasteiger partial charge in [-0.1, -0.05) is 39.0 Å². The van der Waals surface area contributed by atoms with Crippen molar-refractivity contribution in [3.8, 4) is 0 Å². The van der Waals surface area contributed by atoms with Gasteiger partial charge in [0.15, 0.2) is 0 Å². The minimum absolute atomic E-state index is 0.133. The molecule has 0 aliphatic rings. The Balaban J connectivity index is 0. The fourth-order valence-corrected chi connectivity index (χ4v) is 1.44. The fraction of sp³-hybridized carbons (Fsp3) is 1.00. The molecule has 0 aromatic carbocycles. The van der Waals surface area contributed by atoms with E-state index >= 15 is 0 Å². The van der Waals surface area contributed by atoms with E-state index in [2.05, 4.69) is 6.92 Å². The molecule has 0 atom stereocenters. The Hall–Kier alpha value is -0.160. The van der Waals surface area contributed by atoms with Crippen LogP contribution >= 0.6 is 0 Å². The van der Waals surface area contributed by atoms with E-state index in [0.29, 0.717) is 13.2 Å². The molecule has 0 aliphatic heterocycles. The lowest BCUT2D eigenvalue weighted by Gasteiger charge is -2.03. The van der Waals surface area contributed by atoms with Crippen LogP contribution in [0.3, 0.4) is 0 Å². The van der Waals surface area contributed by atoms with Gasteiger partial charge in [0.05, 0.1) is 26.4 Å². The zero-order valence-electron chi connectivity index (χ0n) is 13.2. The zero-order valence-corrected chi connectivity index (χ0v) is 13.2. The fourth-order valence-electron chi connectivity index (χ4n) is 1.44. The summed E-state index contributed by atoms with van der Waals surface area (Å²) in [5.41, 5.74) is 0. The molecular formula is C15H34O4. The highest BCUT2D eigenvalue weighted by molar-refractivity contribution is 4.43. The molecule has 0 saturated carbocycles. The molecule has 19 heavy (non-hydrogen) atoms. The van der Waals surface area contributed by atoms with E-state index in [0.717, 1.165) is 19.8 Å². The molecule has 0 rings (SSSR count). The Kier molecular flexibility index (Phi) is 25.6. The summed E-state index contributed by atoms with van der Waals surface area (Å²) in [7, 11) is 1.70. The molecule has 0 aromatic heterocycles. The van der Waals surface area contributed by atoms with Crippen LogP contribution in [0.2, 0.25) is 0 Å². The summed E-state index contributed by atoms with van der Waals surface area (Å²) in [5.74, 6) is 0. The summed E-state index contributed by atoms with van der Waals surface area (Å²) in [5, 5.41) is 8.07. The lowest BCUT2D eigenvalue weighted by molar-refractivity contribution is 0.0685. The number of ether oxygens (including phenoxy) is 3. The Bertz CT molecular complexity index is 117. The minimum Gasteiger partial charge on any atom is -0.394 e. The second-order valence-electron chi connectivity index (χ2n) is 4.29. The van der Waals surface area contributed by atoms with Crippen LogP contribution in [0.1, 0.15) is 52.4 Å². The first kappa shape index (κ1) is 21.1. The molecule has 0 heterocycles. The number of hydrogen-bond donors (Lipinski definition) is 1. The van der Waals surface area contributed by atoms with Crippen LogP contribution in [0, 0.1) is 0 Å². The average Bonchev–Trinajstić information content (AvgIpc) is 2.44. The topological polar surface area (TPSA) is 47.9 Å². The maximum Gasteiger partial charge on any atom is 0.0700 e. The summed E-state index contributed by atoms with van der Waals surface area (Å²) in [6.07, 6.45) is 7.96. The standard InChI is InChI=1S/C11H24O2.C4H10O2/c1-3-4-5-6-7-8-9-13-11-10-12-2;1-2-6-4-3-5/h3-11H2,1-2H3;5H,2-4H2,1H3. The number of aliphatic hydroxyl groups excluding tert-OH is 1. The molecule has 0 amide bonds. The van der Waals surface area contributed by atoms with Crippen LogP contribution in [-0.2, 0) is 14.2 Å². The first-order valence-corrected chi connectivity index (χ1v) is 7.58. The molecule has 0 bridgehead atoms. The number of methoxy groups -OCH3 is 1. The lowest BCUT2D eigenvalue weighted by Crippen LogP contribution is -2.02. The summed E-state index contributed by atoms with van der Waals surface area (Å²) < 4.78 is 15.0. The molecule has 4 heteroatoms. The van der Waals surface area contributed by atoms with Crippen molar-refractivity contribution < 1.29 is 19.3 Å². The molecule has 4 nitrogen and oxygen atoms in total. The highest BCUT2D eigenvalue weighted by Crippen LogP contribution is 2.04. The molecule has 0 aromatic rings. The maximum atomic E-state index is 8.07. The summed E-state index contributed by atoms with van der Waals surface area (Å²) in [6, 6.07) is 0. The first-order valence-electron chi connectivity index (χ1n) is 7.58. The van der Waals surface area contributed by atoms with Crippen LogP contribution in [0.5, 0.6) is 0 Å². The number of hydrogen-bond acceptors (Lipinski definition) is 4. The lowest BCUT2D eigenvalue weighted by atomic mass is 10.1. The van der Waals surface area contributed by atoms with Gasteiger partial charge < -0.3 is 19.3 Å². The molecule has 0 saturated heterocycles. The number of unbranched alkanes of at least 4 members (excludes halogenated alkanes) is 5. The third-order valence-corrected chi connectivity index (χ3v) is 2.51. The maximum absolute atomic E-state index is 8.07. The molecule has 118 valence electrons. The van der Waals surface area contributed by atoms with E-state index in [1.54, 1.807) is 7.11 Å². The van der Waals surface area contributed by atoms with E-state index in [9.17, 15) is 0 Å². The van der Waals surface area contributed by atoms with Gasteiger partial charge in [-0.15, -0.1) is 0 Å². The van der Waals surface area contributed by atoms with Crippen molar-refractivity contribution in [1.82, 2.24) is 0 Å². The van der Waals surface area contributed by atoms with Gasteiger partial charge in [-0.3, -0.25) is 0 Å². The predicted octanol–water partition coefficient (Wildman–Crippen LogP) is 3.03. The summed E-state index contributed by atoms with van der Waals surface area (Å²) >= 11 is 0. The molecule has 0 fully saturated rings. The highest BCUT2D eigenvalue weighted by Gasteiger charge is 1.90. The van der Waals surface area contributed by atoms with Crippen LogP contribution in [0.4, 0.5) is 0 Å². The molecular weight excluding hydrogens is 244 g/mol. The summed E-state index contributed by atoms with van der Waals surface area (Å²) in [6.45, 7) is 7.80. The van der Waals surface area contributed by atoms with Crippen molar-refractivity contribution in [2.45, 2.75) is 52.4 Å². The predicted molar refractivity (Wildman–Crippen MR) is 79.6 cm³/mol. The van der Waals surface area contributed by atoms with Gasteiger partial charge in [0.2, 0.25) is 0 Å². The number of aliphatic hydroxyl groups is 1. The van der Waals surface area contributed by atoms with Crippen molar-refractivity contribution in [3.05, 3.63) is 0 Å². The Morgan fingerprint density at radius 1 is 0.737 bits per heavy atom. The molecule has 0 spiro atoms. The van der Waals surface area contributed by atoms with Crippen molar-refractivity contribution in [1.29, 1.82) is 0 Å². The SMILES string of the molecule is CCCCCCCCOCCOC.CCOCCO. The van der Waals surface area contributed by atoms with E-state index in [-0.39, 0.29) is 6.61 Å². The largest absolute Gasteiger partial charge is 0.394 e. The van der Waals surface area contributed by atoms with Gasteiger partial charge in [-0.05, 0) is 13.3 Å². The van der Waals surface area contributed by atoms with Crippen molar-refractivity contribution >= 4 is 0 Å². The van der Waals surface area contributed by atoms with E-state index in [1.165, 1.54) is 38.5 Å². The molecule has 1 N–H and O–H groups in total. The van der Waals surface area contributed by atoms with Gasteiger partial charge in [0.25, 0.3) is 0 Å². The Morgan fingerprint density at radius 3 is 1.95 bits per heavy atom. The van der Waals surface area contributed by atoms with Gasteiger partial charge in [0.1, 0.15) is 0 Å². The van der Waals surface area contributed by atoms with Gasteiger partial charge >= 0.3 is 0 Å². The Morgan fingerprint density at radius 2 is 1.42 bits per heavy atom. The monoisotopic (exact) mass is 278 g/mol. The van der Waals surface area contributed by atoms with Crippen LogP contribution in [-0.4, -0.2) is 51.9 Å². The quantitative estimate of drug-likeness (QED) is 0.526. The van der Waals surface area contributed by atoms with Gasteiger partial charge in [-0.2, -0.15) is 0 Å². The van der Waals surface area contributed by atoms with Crippen LogP contribution in [0.25, 0.3) is 0 Å². The normalized spacial score (nSPS) is 10.1. The van der Waals surface area contributed by atoms with E-state index < -0.39 is 0 Å². The van der Waals surface area contributed by atoms with Crippen molar-refractivity contribution in [3.63, 3.8) is 0 Å². The second-order valence-corrected chi connectivity index (χ2v) is 4.29.